The van der Waals surface area contributed by atoms with E-state index in [-0.39, 0.29) is 19.6 Å². The number of esters is 2. The van der Waals surface area contributed by atoms with E-state index < -0.39 is 17.7 Å². The lowest BCUT2D eigenvalue weighted by atomic mass is 10.2. The topological polar surface area (TPSA) is 61.8 Å². The highest BCUT2D eigenvalue weighted by atomic mass is 16.7. The quantitative estimate of drug-likeness (QED) is 0.466. The predicted molar refractivity (Wildman–Crippen MR) is 80.9 cm³/mol. The molecule has 1 fully saturated rings. The molecule has 0 unspecified atom stereocenters. The van der Waals surface area contributed by atoms with Crippen molar-refractivity contribution in [2.75, 3.05) is 0 Å². The van der Waals surface area contributed by atoms with Crippen LogP contribution in [0.5, 0.6) is 0 Å². The highest BCUT2D eigenvalue weighted by Gasteiger charge is 2.52. The first-order valence-electron chi connectivity index (χ1n) is 7.29. The van der Waals surface area contributed by atoms with Gasteiger partial charge in [0.1, 0.15) is 6.42 Å². The Morgan fingerprint density at radius 1 is 0.826 bits per heavy atom. The van der Waals surface area contributed by atoms with Gasteiger partial charge in [-0.3, -0.25) is 4.79 Å². The van der Waals surface area contributed by atoms with Crippen LogP contribution in [0.3, 0.4) is 0 Å². The summed E-state index contributed by atoms with van der Waals surface area (Å²) in [5, 5.41) is 0. The molecule has 0 saturated carbocycles. The van der Waals surface area contributed by atoms with Crippen LogP contribution in [0.2, 0.25) is 0 Å². The SMILES string of the molecule is O=C1CC(OCc2ccccc2)(OCc2ccccc2)C(=O)O1. The van der Waals surface area contributed by atoms with E-state index in [2.05, 4.69) is 4.74 Å². The van der Waals surface area contributed by atoms with E-state index in [0.717, 1.165) is 11.1 Å². The zero-order valence-corrected chi connectivity index (χ0v) is 12.4. The molecule has 23 heavy (non-hydrogen) atoms. The van der Waals surface area contributed by atoms with Crippen LogP contribution >= 0.6 is 0 Å². The molecule has 0 radical (unpaired) electrons. The van der Waals surface area contributed by atoms with Gasteiger partial charge < -0.3 is 14.2 Å². The van der Waals surface area contributed by atoms with Crippen LogP contribution in [0.1, 0.15) is 17.5 Å². The number of hydrogen-bond donors (Lipinski definition) is 0. The number of rotatable bonds is 6. The highest BCUT2D eigenvalue weighted by Crippen LogP contribution is 2.29. The molecule has 1 aliphatic rings. The molecule has 0 N–H and O–H groups in total. The predicted octanol–water partition coefficient (Wildman–Crippen LogP) is 2.59. The average molecular weight is 312 g/mol. The van der Waals surface area contributed by atoms with Gasteiger partial charge in [-0.25, -0.2) is 4.79 Å². The molecule has 0 bridgehead atoms. The van der Waals surface area contributed by atoms with E-state index in [0.29, 0.717) is 0 Å². The van der Waals surface area contributed by atoms with Crippen molar-refractivity contribution in [1.82, 2.24) is 0 Å². The van der Waals surface area contributed by atoms with Gasteiger partial charge in [-0.2, -0.15) is 0 Å². The molecule has 5 heteroatoms. The van der Waals surface area contributed by atoms with Gasteiger partial charge in [0.2, 0.25) is 0 Å². The van der Waals surface area contributed by atoms with E-state index in [1.807, 2.05) is 60.7 Å². The zero-order chi connectivity index (χ0) is 16.1. The van der Waals surface area contributed by atoms with Gasteiger partial charge >= 0.3 is 11.9 Å². The Labute approximate surface area is 133 Å². The summed E-state index contributed by atoms with van der Waals surface area (Å²) in [5.74, 6) is -3.12. The molecule has 3 rings (SSSR count). The van der Waals surface area contributed by atoms with Gasteiger partial charge in [0.25, 0.3) is 5.79 Å². The second kappa shape index (κ2) is 6.73. The normalized spacial score (nSPS) is 16.3. The van der Waals surface area contributed by atoms with Crippen LogP contribution in [0.25, 0.3) is 0 Å². The van der Waals surface area contributed by atoms with E-state index in [4.69, 9.17) is 9.47 Å². The molecule has 2 aromatic carbocycles. The van der Waals surface area contributed by atoms with Gasteiger partial charge in [0.15, 0.2) is 0 Å². The van der Waals surface area contributed by atoms with Crippen LogP contribution in [-0.2, 0) is 37.0 Å². The summed E-state index contributed by atoms with van der Waals surface area (Å²) in [6.45, 7) is 0.302. The Morgan fingerprint density at radius 2 is 1.30 bits per heavy atom. The van der Waals surface area contributed by atoms with Crippen molar-refractivity contribution in [3.05, 3.63) is 71.8 Å². The molecule has 1 saturated heterocycles. The van der Waals surface area contributed by atoms with Crippen molar-refractivity contribution >= 4 is 11.9 Å². The van der Waals surface area contributed by atoms with E-state index in [9.17, 15) is 9.59 Å². The molecule has 0 spiro atoms. The van der Waals surface area contributed by atoms with Crippen LogP contribution in [-0.4, -0.2) is 17.7 Å². The maximum atomic E-state index is 12.1. The maximum absolute atomic E-state index is 12.1. The van der Waals surface area contributed by atoms with Gasteiger partial charge in [-0.05, 0) is 11.1 Å². The summed E-state index contributed by atoms with van der Waals surface area (Å²) in [5.41, 5.74) is 1.75. The number of cyclic esters (lactones) is 2. The summed E-state index contributed by atoms with van der Waals surface area (Å²) in [4.78, 5) is 23.5. The third-order valence-electron chi connectivity index (χ3n) is 3.52. The lowest BCUT2D eigenvalue weighted by molar-refractivity contribution is -0.239. The largest absolute Gasteiger partial charge is 0.389 e. The van der Waals surface area contributed by atoms with Gasteiger partial charge in [0.05, 0.1) is 13.2 Å². The van der Waals surface area contributed by atoms with Crippen molar-refractivity contribution in [3.63, 3.8) is 0 Å². The van der Waals surface area contributed by atoms with Crippen molar-refractivity contribution in [2.24, 2.45) is 0 Å². The molecule has 0 atom stereocenters. The van der Waals surface area contributed by atoms with Gasteiger partial charge in [-0.15, -0.1) is 0 Å². The van der Waals surface area contributed by atoms with Crippen molar-refractivity contribution in [1.29, 1.82) is 0 Å². The number of hydrogen-bond acceptors (Lipinski definition) is 5. The second-order valence-corrected chi connectivity index (χ2v) is 5.24. The molecule has 2 aromatic rings. The van der Waals surface area contributed by atoms with Gasteiger partial charge in [0, 0.05) is 0 Å². The molecular formula is C18H16O5. The van der Waals surface area contributed by atoms with E-state index >= 15 is 0 Å². The third-order valence-corrected chi connectivity index (χ3v) is 3.52. The molecule has 0 aliphatic carbocycles. The Bertz CT molecular complexity index is 638. The van der Waals surface area contributed by atoms with Crippen LogP contribution < -0.4 is 0 Å². The lowest BCUT2D eigenvalue weighted by Gasteiger charge is -2.24. The molecule has 118 valence electrons. The summed E-state index contributed by atoms with van der Waals surface area (Å²) in [7, 11) is 0. The smallest absolute Gasteiger partial charge is 0.375 e. The minimum atomic E-state index is -1.68. The molecular weight excluding hydrogens is 296 g/mol. The van der Waals surface area contributed by atoms with Crippen molar-refractivity contribution < 1.29 is 23.8 Å². The Hall–Kier alpha value is -2.50. The van der Waals surface area contributed by atoms with E-state index in [1.165, 1.54) is 0 Å². The minimum absolute atomic E-state index is 0.151. The monoisotopic (exact) mass is 312 g/mol. The summed E-state index contributed by atoms with van der Waals surface area (Å²) in [6.07, 6.45) is -0.245. The van der Waals surface area contributed by atoms with E-state index in [1.54, 1.807) is 0 Å². The minimum Gasteiger partial charge on any atom is -0.389 e. The van der Waals surface area contributed by atoms with Gasteiger partial charge in [-0.1, -0.05) is 60.7 Å². The molecule has 1 aliphatic heterocycles. The highest BCUT2D eigenvalue weighted by molar-refractivity contribution is 5.98. The van der Waals surface area contributed by atoms with Crippen LogP contribution in [0, 0.1) is 0 Å². The third kappa shape index (κ3) is 3.64. The summed E-state index contributed by atoms with van der Waals surface area (Å²) >= 11 is 0. The van der Waals surface area contributed by atoms with Crippen molar-refractivity contribution in [2.45, 2.75) is 25.4 Å². The fourth-order valence-electron chi connectivity index (χ4n) is 2.29. The molecule has 0 aromatic heterocycles. The zero-order valence-electron chi connectivity index (χ0n) is 12.4. The lowest BCUT2D eigenvalue weighted by Crippen LogP contribution is -2.40. The molecule has 5 nitrogen and oxygen atoms in total. The summed E-state index contributed by atoms with van der Waals surface area (Å²) in [6, 6.07) is 18.7. The first kappa shape index (κ1) is 15.4. The number of benzene rings is 2. The fourth-order valence-corrected chi connectivity index (χ4v) is 2.29. The Morgan fingerprint density at radius 3 is 1.70 bits per heavy atom. The first-order valence-corrected chi connectivity index (χ1v) is 7.29. The molecule has 0 amide bonds. The summed E-state index contributed by atoms with van der Waals surface area (Å²) < 4.78 is 16.0. The van der Waals surface area contributed by atoms with Crippen LogP contribution in [0.4, 0.5) is 0 Å². The number of carbonyl (C=O) groups is 2. The Balaban J connectivity index is 1.72. The van der Waals surface area contributed by atoms with Crippen molar-refractivity contribution in [3.8, 4) is 0 Å². The average Bonchev–Trinajstić information content (AvgIpc) is 2.87. The maximum Gasteiger partial charge on any atom is 0.375 e. The molecule has 1 heterocycles. The standard InChI is InChI=1S/C18H16O5/c19-16-11-18(17(20)23-16,21-12-14-7-3-1-4-8-14)22-13-15-9-5-2-6-10-15/h1-10H,11-13H2. The Kier molecular flexibility index (Phi) is 4.50. The fraction of sp³-hybridized carbons (Fsp3) is 0.222. The van der Waals surface area contributed by atoms with Crippen LogP contribution in [0.15, 0.2) is 60.7 Å². The number of ether oxygens (including phenoxy) is 3. The second-order valence-electron chi connectivity index (χ2n) is 5.24. The first-order chi connectivity index (χ1) is 11.2. The number of carbonyl (C=O) groups excluding carboxylic acids is 2.